The van der Waals surface area contributed by atoms with Gasteiger partial charge in [-0.15, -0.1) is 0 Å². The van der Waals surface area contributed by atoms with Crippen LogP contribution in [0.2, 0.25) is 0 Å². The van der Waals surface area contributed by atoms with Gasteiger partial charge in [0.05, 0.1) is 0 Å². The van der Waals surface area contributed by atoms with Crippen LogP contribution in [0.5, 0.6) is 0 Å². The topological polar surface area (TPSA) is 115 Å². The van der Waals surface area contributed by atoms with Crippen LogP contribution in [-0.2, 0) is 9.59 Å². The minimum atomic E-state index is -2.38. The fraction of sp³-hybridized carbons (Fsp3) is 0.250. The van der Waals surface area contributed by atoms with Crippen LogP contribution in [0.25, 0.3) is 0 Å². The third kappa shape index (κ3) is 1.25. The number of aliphatic carboxylic acids is 1. The number of hydrogen-bond donors (Lipinski definition) is 4. The second-order valence-corrected chi connectivity index (χ2v) is 3.00. The molecule has 0 saturated carbocycles. The third-order valence-electron chi connectivity index (χ3n) is 1.90. The standard InChI is InChI=1S/C8H8O6/c1-8(14)5(10)3(7(12)13)2-4(9)6(8)11/h2,9,11,14H,1H3,(H,12,13). The molecule has 6 heteroatoms. The quantitative estimate of drug-likeness (QED) is 0.430. The lowest BCUT2D eigenvalue weighted by molar-refractivity contribution is -0.139. The lowest BCUT2D eigenvalue weighted by Crippen LogP contribution is -2.42. The highest BCUT2D eigenvalue weighted by Gasteiger charge is 2.44. The van der Waals surface area contributed by atoms with E-state index in [2.05, 4.69) is 0 Å². The van der Waals surface area contributed by atoms with Crippen molar-refractivity contribution >= 4 is 11.8 Å². The third-order valence-corrected chi connectivity index (χ3v) is 1.90. The number of allylic oxidation sites excluding steroid dienone is 1. The van der Waals surface area contributed by atoms with Gasteiger partial charge in [-0.3, -0.25) is 4.79 Å². The van der Waals surface area contributed by atoms with E-state index >= 15 is 0 Å². The molecule has 0 aromatic rings. The van der Waals surface area contributed by atoms with Crippen molar-refractivity contribution in [3.05, 3.63) is 23.2 Å². The summed E-state index contributed by atoms with van der Waals surface area (Å²) in [6.45, 7) is 0.900. The molecule has 0 bridgehead atoms. The number of hydrogen-bond acceptors (Lipinski definition) is 5. The Hall–Kier alpha value is -1.82. The largest absolute Gasteiger partial charge is 0.506 e. The number of Topliss-reactive ketones (excluding diaryl/α,β-unsaturated/α-hetero) is 1. The monoisotopic (exact) mass is 200 g/mol. The average Bonchev–Trinajstić information content (AvgIpc) is 2.08. The van der Waals surface area contributed by atoms with Gasteiger partial charge < -0.3 is 20.4 Å². The number of aliphatic hydroxyl groups is 3. The molecular formula is C8H8O6. The first kappa shape index (κ1) is 10.3. The summed E-state index contributed by atoms with van der Waals surface area (Å²) < 4.78 is 0. The Kier molecular flexibility index (Phi) is 2.09. The Morgan fingerprint density at radius 2 is 1.93 bits per heavy atom. The van der Waals surface area contributed by atoms with Crippen molar-refractivity contribution in [1.29, 1.82) is 0 Å². The van der Waals surface area contributed by atoms with Gasteiger partial charge >= 0.3 is 5.97 Å². The smallest absolute Gasteiger partial charge is 0.339 e. The molecule has 0 amide bonds. The van der Waals surface area contributed by atoms with Crippen molar-refractivity contribution in [3.8, 4) is 0 Å². The molecule has 76 valence electrons. The van der Waals surface area contributed by atoms with E-state index in [0.717, 1.165) is 6.92 Å². The van der Waals surface area contributed by atoms with Crippen molar-refractivity contribution in [2.75, 3.05) is 0 Å². The van der Waals surface area contributed by atoms with Gasteiger partial charge in [-0.2, -0.15) is 0 Å². The minimum Gasteiger partial charge on any atom is -0.506 e. The van der Waals surface area contributed by atoms with Crippen molar-refractivity contribution in [3.63, 3.8) is 0 Å². The molecule has 1 rings (SSSR count). The molecule has 0 saturated heterocycles. The van der Waals surface area contributed by atoms with Crippen molar-refractivity contribution in [1.82, 2.24) is 0 Å². The summed E-state index contributed by atoms with van der Waals surface area (Å²) in [4.78, 5) is 21.7. The molecule has 0 spiro atoms. The van der Waals surface area contributed by atoms with E-state index in [0.29, 0.717) is 6.08 Å². The van der Waals surface area contributed by atoms with E-state index in [-0.39, 0.29) is 0 Å². The molecule has 1 aliphatic rings. The molecule has 0 radical (unpaired) electrons. The van der Waals surface area contributed by atoms with Gasteiger partial charge in [-0.05, 0) is 6.92 Å². The lowest BCUT2D eigenvalue weighted by atomic mass is 9.87. The summed E-state index contributed by atoms with van der Waals surface area (Å²) in [5.41, 5.74) is -3.16. The van der Waals surface area contributed by atoms with Crippen LogP contribution in [0.4, 0.5) is 0 Å². The molecule has 0 aromatic heterocycles. The molecule has 6 nitrogen and oxygen atoms in total. The molecule has 4 N–H and O–H groups in total. The maximum atomic E-state index is 11.2. The highest BCUT2D eigenvalue weighted by molar-refractivity contribution is 6.21. The summed E-state index contributed by atoms with van der Waals surface area (Å²) in [6, 6.07) is 0. The fourth-order valence-corrected chi connectivity index (χ4v) is 1.05. The second kappa shape index (κ2) is 2.85. The molecule has 0 aromatic carbocycles. The number of ketones is 1. The van der Waals surface area contributed by atoms with Gasteiger partial charge in [0.1, 0.15) is 5.57 Å². The summed E-state index contributed by atoms with van der Waals surface area (Å²) in [6.07, 6.45) is 0.595. The summed E-state index contributed by atoms with van der Waals surface area (Å²) in [7, 11) is 0. The molecule has 14 heavy (non-hydrogen) atoms. The van der Waals surface area contributed by atoms with Crippen molar-refractivity contribution in [2.45, 2.75) is 12.5 Å². The Morgan fingerprint density at radius 1 is 1.43 bits per heavy atom. The Morgan fingerprint density at radius 3 is 2.36 bits per heavy atom. The van der Waals surface area contributed by atoms with Crippen molar-refractivity contribution < 1.29 is 30.0 Å². The van der Waals surface area contributed by atoms with Crippen LogP contribution in [-0.4, -0.2) is 37.8 Å². The molecular weight excluding hydrogens is 192 g/mol. The lowest BCUT2D eigenvalue weighted by Gasteiger charge is -2.24. The second-order valence-electron chi connectivity index (χ2n) is 3.00. The van der Waals surface area contributed by atoms with Gasteiger partial charge in [-0.1, -0.05) is 0 Å². The maximum Gasteiger partial charge on any atom is 0.339 e. The Labute approximate surface area is 78.4 Å². The summed E-state index contributed by atoms with van der Waals surface area (Å²) in [5, 5.41) is 36.0. The zero-order valence-corrected chi connectivity index (χ0v) is 7.18. The predicted octanol–water partition coefficient (Wildman–Crippen LogP) is -0.341. The zero-order chi connectivity index (χ0) is 11.1. The van der Waals surface area contributed by atoms with Crippen LogP contribution in [0, 0.1) is 0 Å². The zero-order valence-electron chi connectivity index (χ0n) is 7.18. The molecule has 0 heterocycles. The normalized spacial score (nSPS) is 27.6. The Bertz CT molecular complexity index is 373. The van der Waals surface area contributed by atoms with Crippen LogP contribution in [0.15, 0.2) is 23.2 Å². The van der Waals surface area contributed by atoms with Gasteiger partial charge in [0.2, 0.25) is 5.78 Å². The molecule has 1 atom stereocenters. The molecule has 1 unspecified atom stereocenters. The SMILES string of the molecule is CC1(O)C(=O)C(C(=O)O)=CC(O)=C1O. The predicted molar refractivity (Wildman–Crippen MR) is 43.6 cm³/mol. The fourth-order valence-electron chi connectivity index (χ4n) is 1.05. The number of carboxylic acid groups (broad SMARTS) is 1. The highest BCUT2D eigenvalue weighted by atomic mass is 16.4. The van der Waals surface area contributed by atoms with Crippen LogP contribution in [0.1, 0.15) is 6.92 Å². The maximum absolute atomic E-state index is 11.2. The molecule has 0 fully saturated rings. The van der Waals surface area contributed by atoms with Gasteiger partial charge in [-0.25, -0.2) is 4.79 Å². The minimum absolute atomic E-state index is 0.595. The summed E-state index contributed by atoms with van der Waals surface area (Å²) in [5.74, 6) is -4.52. The highest BCUT2D eigenvalue weighted by Crippen LogP contribution is 2.27. The first-order valence-electron chi connectivity index (χ1n) is 3.63. The number of rotatable bonds is 1. The average molecular weight is 200 g/mol. The van der Waals surface area contributed by atoms with E-state index in [1.165, 1.54) is 0 Å². The first-order chi connectivity index (χ1) is 6.28. The van der Waals surface area contributed by atoms with E-state index in [1.54, 1.807) is 0 Å². The van der Waals surface area contributed by atoms with E-state index in [9.17, 15) is 14.7 Å². The van der Waals surface area contributed by atoms with Gasteiger partial charge in [0, 0.05) is 6.08 Å². The number of aliphatic hydroxyl groups excluding tert-OH is 2. The molecule has 1 aliphatic carbocycles. The van der Waals surface area contributed by atoms with E-state index < -0.39 is 34.4 Å². The van der Waals surface area contributed by atoms with Crippen molar-refractivity contribution in [2.24, 2.45) is 0 Å². The van der Waals surface area contributed by atoms with E-state index in [1.807, 2.05) is 0 Å². The summed E-state index contributed by atoms with van der Waals surface area (Å²) >= 11 is 0. The Balaban J connectivity index is 3.35. The first-order valence-corrected chi connectivity index (χ1v) is 3.63. The van der Waals surface area contributed by atoms with Gasteiger partial charge in [0.25, 0.3) is 0 Å². The number of carboxylic acids is 1. The number of carbonyl (C=O) groups is 2. The van der Waals surface area contributed by atoms with Crippen LogP contribution >= 0.6 is 0 Å². The number of carbonyl (C=O) groups excluding carboxylic acids is 1. The van der Waals surface area contributed by atoms with E-state index in [4.69, 9.17) is 15.3 Å². The van der Waals surface area contributed by atoms with Crippen LogP contribution in [0.3, 0.4) is 0 Å². The van der Waals surface area contributed by atoms with Gasteiger partial charge in [0.15, 0.2) is 17.1 Å². The van der Waals surface area contributed by atoms with Crippen LogP contribution < -0.4 is 0 Å². The molecule has 0 aliphatic heterocycles.